The lowest BCUT2D eigenvalue weighted by Crippen LogP contribution is -2.38. The van der Waals surface area contributed by atoms with E-state index in [4.69, 9.17) is 9.73 Å². The highest BCUT2D eigenvalue weighted by Gasteiger charge is 2.42. The third-order valence-corrected chi connectivity index (χ3v) is 6.25. The summed E-state index contributed by atoms with van der Waals surface area (Å²) in [7, 11) is 0. The minimum absolute atomic E-state index is 0.00226. The van der Waals surface area contributed by atoms with Gasteiger partial charge in [0.2, 0.25) is 0 Å². The quantitative estimate of drug-likeness (QED) is 0.158. The van der Waals surface area contributed by atoms with Gasteiger partial charge in [-0.15, -0.1) is 0 Å². The molecule has 0 amide bonds. The number of amidine groups is 1. The van der Waals surface area contributed by atoms with E-state index in [1.165, 1.54) is 0 Å². The lowest BCUT2D eigenvalue weighted by molar-refractivity contribution is -0.138. The molecule has 0 saturated heterocycles. The number of allylic oxidation sites excluding steroid dienone is 1. The van der Waals surface area contributed by atoms with Crippen molar-refractivity contribution in [1.82, 2.24) is 0 Å². The van der Waals surface area contributed by atoms with Crippen molar-refractivity contribution in [2.24, 2.45) is 4.99 Å². The Bertz CT molecular complexity index is 1180. The SMILES string of the molecule is CCCCCC(O)=C(C(=O)OCC)C1=NC(c2ccccc2)(c2ccccc2)c2ccccc2N1. The molecule has 2 N–H and O–H groups in total. The molecule has 3 aromatic carbocycles. The number of carbonyl (C=O) groups excluding carboxylic acids is 1. The van der Waals surface area contributed by atoms with Crippen molar-refractivity contribution in [3.8, 4) is 0 Å². The second-order valence-corrected chi connectivity index (χ2v) is 8.57. The molecule has 1 aliphatic heterocycles. The maximum atomic E-state index is 13.2. The fourth-order valence-corrected chi connectivity index (χ4v) is 4.60. The van der Waals surface area contributed by atoms with Crippen LogP contribution in [0.15, 0.2) is 101 Å². The maximum Gasteiger partial charge on any atom is 0.345 e. The zero-order chi connectivity index (χ0) is 24.7. The molecule has 5 nitrogen and oxygen atoms in total. The highest BCUT2D eigenvalue weighted by atomic mass is 16.5. The first-order valence-corrected chi connectivity index (χ1v) is 12.3. The molecular formula is C30H32N2O3. The molecule has 1 heterocycles. The van der Waals surface area contributed by atoms with E-state index in [1.54, 1.807) is 6.92 Å². The Morgan fingerprint density at radius 3 is 2.09 bits per heavy atom. The highest BCUT2D eigenvalue weighted by molar-refractivity contribution is 6.25. The molecule has 0 unspecified atom stereocenters. The molecule has 0 radical (unpaired) electrons. The summed E-state index contributed by atoms with van der Waals surface area (Å²) in [6, 6.07) is 28.1. The van der Waals surface area contributed by atoms with Crippen LogP contribution < -0.4 is 5.32 Å². The number of esters is 1. The number of unbranched alkanes of at least 4 members (excludes halogenated alkanes) is 2. The molecule has 5 heteroatoms. The first kappa shape index (κ1) is 24.3. The molecule has 0 fully saturated rings. The number of rotatable bonds is 9. The zero-order valence-electron chi connectivity index (χ0n) is 20.3. The highest BCUT2D eigenvalue weighted by Crippen LogP contribution is 2.46. The van der Waals surface area contributed by atoms with Gasteiger partial charge < -0.3 is 15.2 Å². The third-order valence-electron chi connectivity index (χ3n) is 6.25. The Kier molecular flexibility index (Phi) is 7.66. The average molecular weight is 469 g/mol. The predicted octanol–water partition coefficient (Wildman–Crippen LogP) is 6.76. The number of nitrogens with one attached hydrogen (secondary N) is 1. The van der Waals surface area contributed by atoms with Gasteiger partial charge in [-0.25, -0.2) is 9.79 Å². The summed E-state index contributed by atoms with van der Waals surface area (Å²) in [5.41, 5.74) is 2.90. The number of nitrogens with zero attached hydrogens (tertiary/aromatic N) is 1. The van der Waals surface area contributed by atoms with Crippen LogP contribution in [-0.4, -0.2) is 23.5 Å². The normalized spacial score (nSPS) is 14.7. The van der Waals surface area contributed by atoms with Gasteiger partial charge in [-0.05, 0) is 30.5 Å². The Balaban J connectivity index is 2.00. The Morgan fingerprint density at radius 1 is 0.886 bits per heavy atom. The molecule has 180 valence electrons. The Hall–Kier alpha value is -3.86. The molecule has 4 rings (SSSR count). The molecule has 35 heavy (non-hydrogen) atoms. The summed E-state index contributed by atoms with van der Waals surface area (Å²) in [4.78, 5) is 18.4. The molecule has 0 spiro atoms. The van der Waals surface area contributed by atoms with E-state index >= 15 is 0 Å². The van der Waals surface area contributed by atoms with Crippen LogP contribution in [0.1, 0.15) is 56.2 Å². The number of aliphatic hydroxyl groups excluding tert-OH is 1. The summed E-state index contributed by atoms with van der Waals surface area (Å²) in [6.45, 7) is 4.06. The van der Waals surface area contributed by atoms with Gasteiger partial charge in [0.1, 0.15) is 22.7 Å². The summed E-state index contributed by atoms with van der Waals surface area (Å²) in [6.07, 6.45) is 3.13. The fourth-order valence-electron chi connectivity index (χ4n) is 4.60. The Labute approximate surface area is 207 Å². The van der Waals surface area contributed by atoms with Crippen LogP contribution in [0.4, 0.5) is 5.69 Å². The number of aliphatic imine (C=N–C) groups is 1. The van der Waals surface area contributed by atoms with E-state index in [0.29, 0.717) is 12.3 Å². The van der Waals surface area contributed by atoms with E-state index in [9.17, 15) is 9.90 Å². The second-order valence-electron chi connectivity index (χ2n) is 8.57. The van der Waals surface area contributed by atoms with Crippen LogP contribution in [0.3, 0.4) is 0 Å². The average Bonchev–Trinajstić information content (AvgIpc) is 2.89. The van der Waals surface area contributed by atoms with Crippen LogP contribution >= 0.6 is 0 Å². The molecule has 0 saturated carbocycles. The topological polar surface area (TPSA) is 70.9 Å². The molecule has 0 bridgehead atoms. The van der Waals surface area contributed by atoms with Crippen molar-refractivity contribution in [1.29, 1.82) is 0 Å². The third kappa shape index (κ3) is 4.85. The van der Waals surface area contributed by atoms with Crippen molar-refractivity contribution in [2.45, 2.75) is 45.1 Å². The van der Waals surface area contributed by atoms with Gasteiger partial charge in [-0.3, -0.25) is 0 Å². The van der Waals surface area contributed by atoms with Crippen LogP contribution in [0.2, 0.25) is 0 Å². The molecule has 0 aromatic heterocycles. The number of hydrogen-bond acceptors (Lipinski definition) is 5. The van der Waals surface area contributed by atoms with E-state index in [-0.39, 0.29) is 17.9 Å². The second kappa shape index (κ2) is 11.0. The molecule has 1 aliphatic rings. The first-order valence-electron chi connectivity index (χ1n) is 12.3. The minimum atomic E-state index is -0.916. The number of para-hydroxylation sites is 1. The van der Waals surface area contributed by atoms with Crippen molar-refractivity contribution in [3.05, 3.63) is 113 Å². The van der Waals surface area contributed by atoms with E-state index in [0.717, 1.165) is 41.6 Å². The van der Waals surface area contributed by atoms with Crippen molar-refractivity contribution in [2.75, 3.05) is 11.9 Å². The lowest BCUT2D eigenvalue weighted by Gasteiger charge is -2.38. The van der Waals surface area contributed by atoms with Crippen molar-refractivity contribution >= 4 is 17.5 Å². The smallest absolute Gasteiger partial charge is 0.345 e. The minimum Gasteiger partial charge on any atom is -0.511 e. The van der Waals surface area contributed by atoms with E-state index < -0.39 is 11.5 Å². The number of ether oxygens (including phenoxy) is 1. The summed E-state index contributed by atoms with van der Waals surface area (Å²) < 4.78 is 5.37. The van der Waals surface area contributed by atoms with Gasteiger partial charge in [0, 0.05) is 17.7 Å². The maximum absolute atomic E-state index is 13.2. The van der Waals surface area contributed by atoms with Crippen LogP contribution in [0.5, 0.6) is 0 Å². The molecular weight excluding hydrogens is 436 g/mol. The molecule has 0 aliphatic carbocycles. The summed E-state index contributed by atoms with van der Waals surface area (Å²) in [5.74, 6) is -0.274. The number of hydrogen-bond donors (Lipinski definition) is 2. The van der Waals surface area contributed by atoms with E-state index in [2.05, 4.69) is 18.3 Å². The van der Waals surface area contributed by atoms with Gasteiger partial charge in [0.25, 0.3) is 0 Å². The first-order chi connectivity index (χ1) is 17.1. The number of benzene rings is 3. The van der Waals surface area contributed by atoms with Crippen LogP contribution in [0, 0.1) is 0 Å². The van der Waals surface area contributed by atoms with Gasteiger partial charge in [-0.1, -0.05) is 98.6 Å². The number of fused-ring (bicyclic) bond motifs is 1. The van der Waals surface area contributed by atoms with Gasteiger partial charge >= 0.3 is 5.97 Å². The molecule has 3 aromatic rings. The number of aliphatic hydroxyl groups is 1. The lowest BCUT2D eigenvalue weighted by atomic mass is 9.75. The number of anilines is 1. The van der Waals surface area contributed by atoms with Gasteiger partial charge in [-0.2, -0.15) is 0 Å². The fraction of sp³-hybridized carbons (Fsp3) is 0.267. The van der Waals surface area contributed by atoms with Gasteiger partial charge in [0.05, 0.1) is 6.61 Å². The summed E-state index contributed by atoms with van der Waals surface area (Å²) >= 11 is 0. The largest absolute Gasteiger partial charge is 0.511 e. The van der Waals surface area contributed by atoms with Crippen molar-refractivity contribution < 1.29 is 14.6 Å². The zero-order valence-corrected chi connectivity index (χ0v) is 20.3. The number of carbonyl (C=O) groups is 1. The van der Waals surface area contributed by atoms with Crippen LogP contribution in [0.25, 0.3) is 0 Å². The molecule has 0 atom stereocenters. The van der Waals surface area contributed by atoms with Crippen molar-refractivity contribution in [3.63, 3.8) is 0 Å². The predicted molar refractivity (Wildman–Crippen MR) is 141 cm³/mol. The monoisotopic (exact) mass is 468 g/mol. The van der Waals surface area contributed by atoms with E-state index in [1.807, 2.05) is 78.9 Å². The Morgan fingerprint density at radius 2 is 1.49 bits per heavy atom. The summed E-state index contributed by atoms with van der Waals surface area (Å²) in [5, 5.41) is 14.4. The standard InChI is InChI=1S/C30H32N2O3/c1-3-5-8-21-26(33)27(29(34)35-4-2)28-31-25-20-14-13-19-24(25)30(32-28,22-15-9-6-10-16-22)23-17-11-7-12-18-23/h6-7,9-20,33H,3-5,8,21H2,1-2H3,(H,31,32). The van der Waals surface area contributed by atoms with Crippen LogP contribution in [-0.2, 0) is 15.1 Å². The van der Waals surface area contributed by atoms with Gasteiger partial charge in [0.15, 0.2) is 0 Å².